The van der Waals surface area contributed by atoms with E-state index in [9.17, 15) is 0 Å². The van der Waals surface area contributed by atoms with Crippen molar-refractivity contribution >= 4 is 24.0 Å². The lowest BCUT2D eigenvalue weighted by molar-refractivity contribution is 0.0938. The monoisotopic (exact) mass is 371 g/mol. The summed E-state index contributed by atoms with van der Waals surface area (Å²) in [6.07, 6.45) is 0. The smallest absolute Gasteiger partial charge is 0.138 e. The summed E-state index contributed by atoms with van der Waals surface area (Å²) in [5.41, 5.74) is 2.20. The Balaban J connectivity index is 0.00000288. The van der Waals surface area contributed by atoms with Crippen LogP contribution in [0.15, 0.2) is 48.5 Å². The van der Waals surface area contributed by atoms with Crippen molar-refractivity contribution in [3.8, 4) is 5.75 Å². The molecule has 24 heavy (non-hydrogen) atoms. The number of aliphatic hydroxyl groups is 1. The van der Waals surface area contributed by atoms with Crippen LogP contribution in [0.25, 0.3) is 0 Å². The lowest BCUT2D eigenvalue weighted by Gasteiger charge is -2.10. The lowest BCUT2D eigenvalue weighted by Crippen LogP contribution is -2.20. The fourth-order valence-corrected chi connectivity index (χ4v) is 2.31. The first kappa shape index (κ1) is 20.7. The summed E-state index contributed by atoms with van der Waals surface area (Å²) in [7, 11) is 0. The molecule has 0 atom stereocenters. The van der Waals surface area contributed by atoms with Crippen LogP contribution in [0.4, 0.5) is 0 Å². The SMILES string of the molecule is Cl.OCCOCCNCc1ccc(OCc2ccccc2)c(Cl)c1. The number of hydrogen-bond donors (Lipinski definition) is 2. The Hall–Kier alpha value is -1.30. The number of nitrogens with one attached hydrogen (secondary N) is 1. The Bertz CT molecular complexity index is 582. The molecular formula is C18H23Cl2NO3. The normalized spacial score (nSPS) is 10.2. The number of rotatable bonds is 10. The minimum atomic E-state index is 0. The molecule has 4 nitrogen and oxygen atoms in total. The van der Waals surface area contributed by atoms with Gasteiger partial charge in [-0.05, 0) is 23.3 Å². The lowest BCUT2D eigenvalue weighted by atomic mass is 10.2. The van der Waals surface area contributed by atoms with Crippen LogP contribution >= 0.6 is 24.0 Å². The molecule has 0 saturated heterocycles. The molecule has 0 saturated carbocycles. The van der Waals surface area contributed by atoms with E-state index in [-0.39, 0.29) is 19.0 Å². The number of ether oxygens (including phenoxy) is 2. The Kier molecular flexibility index (Phi) is 10.5. The van der Waals surface area contributed by atoms with Gasteiger partial charge >= 0.3 is 0 Å². The summed E-state index contributed by atoms with van der Waals surface area (Å²) in [5.74, 6) is 0.686. The van der Waals surface area contributed by atoms with Gasteiger partial charge in [0, 0.05) is 13.1 Å². The third-order valence-corrected chi connectivity index (χ3v) is 3.52. The topological polar surface area (TPSA) is 50.7 Å². The summed E-state index contributed by atoms with van der Waals surface area (Å²) in [6.45, 7) is 2.94. The van der Waals surface area contributed by atoms with Gasteiger partial charge in [-0.15, -0.1) is 12.4 Å². The van der Waals surface area contributed by atoms with Crippen LogP contribution in [0.3, 0.4) is 0 Å². The van der Waals surface area contributed by atoms with Crippen LogP contribution in [-0.4, -0.2) is 31.5 Å². The summed E-state index contributed by atoms with van der Waals surface area (Å²) in [5, 5.41) is 12.5. The highest BCUT2D eigenvalue weighted by Gasteiger charge is 2.04. The highest BCUT2D eigenvalue weighted by Crippen LogP contribution is 2.26. The van der Waals surface area contributed by atoms with Gasteiger partial charge in [-0.25, -0.2) is 0 Å². The molecular weight excluding hydrogens is 349 g/mol. The molecule has 0 aliphatic carbocycles. The first-order chi connectivity index (χ1) is 11.3. The average molecular weight is 372 g/mol. The second-order valence-corrected chi connectivity index (χ2v) is 5.46. The van der Waals surface area contributed by atoms with E-state index in [1.54, 1.807) is 0 Å². The molecule has 2 aromatic carbocycles. The number of hydrogen-bond acceptors (Lipinski definition) is 4. The van der Waals surface area contributed by atoms with Crippen molar-refractivity contribution in [3.05, 3.63) is 64.7 Å². The van der Waals surface area contributed by atoms with E-state index < -0.39 is 0 Å². The van der Waals surface area contributed by atoms with Gasteiger partial charge in [-0.2, -0.15) is 0 Å². The highest BCUT2D eigenvalue weighted by molar-refractivity contribution is 6.32. The van der Waals surface area contributed by atoms with E-state index in [4.69, 9.17) is 26.2 Å². The zero-order valence-corrected chi connectivity index (χ0v) is 15.0. The average Bonchev–Trinajstić information content (AvgIpc) is 2.58. The molecule has 0 bridgehead atoms. The van der Waals surface area contributed by atoms with Gasteiger partial charge in [-0.3, -0.25) is 0 Å². The maximum atomic E-state index is 8.60. The Labute approximate surface area is 154 Å². The Morgan fingerprint density at radius 2 is 1.79 bits per heavy atom. The van der Waals surface area contributed by atoms with Gasteiger partial charge in [0.1, 0.15) is 12.4 Å². The van der Waals surface area contributed by atoms with Crippen LogP contribution in [-0.2, 0) is 17.9 Å². The maximum absolute atomic E-state index is 8.60. The molecule has 0 aromatic heterocycles. The van der Waals surface area contributed by atoms with Crippen molar-refractivity contribution in [3.63, 3.8) is 0 Å². The van der Waals surface area contributed by atoms with Crippen LogP contribution in [0.5, 0.6) is 5.75 Å². The van der Waals surface area contributed by atoms with Crippen molar-refractivity contribution in [2.45, 2.75) is 13.2 Å². The molecule has 0 fully saturated rings. The molecule has 2 aromatic rings. The van der Waals surface area contributed by atoms with Gasteiger partial charge in [0.05, 0.1) is 24.8 Å². The quantitative estimate of drug-likeness (QED) is 0.628. The molecule has 0 spiro atoms. The first-order valence-corrected chi connectivity index (χ1v) is 8.02. The van der Waals surface area contributed by atoms with Crippen molar-refractivity contribution in [2.24, 2.45) is 0 Å². The van der Waals surface area contributed by atoms with Crippen molar-refractivity contribution in [1.29, 1.82) is 0 Å². The summed E-state index contributed by atoms with van der Waals surface area (Å²) < 4.78 is 10.9. The van der Waals surface area contributed by atoms with Crippen LogP contribution in [0.1, 0.15) is 11.1 Å². The Morgan fingerprint density at radius 3 is 2.50 bits per heavy atom. The molecule has 0 amide bonds. The van der Waals surface area contributed by atoms with Gasteiger partial charge in [0.25, 0.3) is 0 Å². The predicted molar refractivity (Wildman–Crippen MR) is 99.1 cm³/mol. The van der Waals surface area contributed by atoms with E-state index >= 15 is 0 Å². The molecule has 0 unspecified atom stereocenters. The molecule has 2 N–H and O–H groups in total. The fraction of sp³-hybridized carbons (Fsp3) is 0.333. The zero-order chi connectivity index (χ0) is 16.3. The van der Waals surface area contributed by atoms with E-state index in [1.807, 2.05) is 48.5 Å². The van der Waals surface area contributed by atoms with Crippen molar-refractivity contribution in [2.75, 3.05) is 26.4 Å². The van der Waals surface area contributed by atoms with Crippen molar-refractivity contribution < 1.29 is 14.6 Å². The largest absolute Gasteiger partial charge is 0.487 e. The minimum absolute atomic E-state index is 0. The van der Waals surface area contributed by atoms with Gasteiger partial charge in [-0.1, -0.05) is 48.0 Å². The fourth-order valence-electron chi connectivity index (χ4n) is 2.05. The zero-order valence-electron chi connectivity index (χ0n) is 13.4. The summed E-state index contributed by atoms with van der Waals surface area (Å²) >= 11 is 6.27. The van der Waals surface area contributed by atoms with Crippen LogP contribution in [0, 0.1) is 0 Å². The summed E-state index contributed by atoms with van der Waals surface area (Å²) in [4.78, 5) is 0. The molecule has 0 aliphatic heterocycles. The van der Waals surface area contributed by atoms with E-state index in [0.717, 1.165) is 17.7 Å². The maximum Gasteiger partial charge on any atom is 0.138 e. The third kappa shape index (κ3) is 7.51. The van der Waals surface area contributed by atoms with Gasteiger partial charge < -0.3 is 19.9 Å². The first-order valence-electron chi connectivity index (χ1n) is 7.64. The number of benzene rings is 2. The minimum Gasteiger partial charge on any atom is -0.487 e. The van der Waals surface area contributed by atoms with Gasteiger partial charge in [0.15, 0.2) is 0 Å². The molecule has 6 heteroatoms. The van der Waals surface area contributed by atoms with Gasteiger partial charge in [0.2, 0.25) is 0 Å². The summed E-state index contributed by atoms with van der Waals surface area (Å²) in [6, 6.07) is 15.8. The number of aliphatic hydroxyl groups excluding tert-OH is 1. The highest BCUT2D eigenvalue weighted by atomic mass is 35.5. The van der Waals surface area contributed by atoms with Crippen LogP contribution < -0.4 is 10.1 Å². The van der Waals surface area contributed by atoms with E-state index in [0.29, 0.717) is 37.1 Å². The molecule has 0 heterocycles. The van der Waals surface area contributed by atoms with E-state index in [1.165, 1.54) is 0 Å². The molecule has 132 valence electrons. The van der Waals surface area contributed by atoms with Crippen molar-refractivity contribution in [1.82, 2.24) is 5.32 Å². The molecule has 0 aliphatic rings. The number of halogens is 2. The van der Waals surface area contributed by atoms with Crippen LogP contribution in [0.2, 0.25) is 5.02 Å². The molecule has 2 rings (SSSR count). The second kappa shape index (κ2) is 12.1. The molecule has 0 radical (unpaired) electrons. The third-order valence-electron chi connectivity index (χ3n) is 3.22. The standard InChI is InChI=1S/C18H22ClNO3.ClH/c19-17-12-16(13-20-8-10-22-11-9-21)6-7-18(17)23-14-15-4-2-1-3-5-15;/h1-7,12,20-21H,8-11,13-14H2;1H. The van der Waals surface area contributed by atoms with E-state index in [2.05, 4.69) is 5.32 Å². The Morgan fingerprint density at radius 1 is 1.00 bits per heavy atom. The second-order valence-electron chi connectivity index (χ2n) is 5.05. The predicted octanol–water partition coefficient (Wildman–Crippen LogP) is 3.44.